The van der Waals surface area contributed by atoms with Crippen LogP contribution in [0.2, 0.25) is 0 Å². The Balaban J connectivity index is 1.69. The standard InChI is InChI=1S/C33H46N4O9S2/c1-22-19-37(23(2)21-38)33(39)29-18-27(35-47(40,41)32-25(4)34-46-26(32)5)15-16-30(29)45-24(3)12-10-11-17-44-31(22)20-36(6)48(42,43)28-13-8-7-9-14-28/h7-9,13-16,18,22-24,31,35,38H,10-12,17,19-21H2,1-6H3/t22-,23+,24+,31-/m1/s1. The van der Waals surface area contributed by atoms with E-state index < -0.39 is 38.1 Å². The Labute approximate surface area is 283 Å². The molecular weight excluding hydrogens is 661 g/mol. The van der Waals surface area contributed by atoms with Gasteiger partial charge in [0.25, 0.3) is 15.9 Å². The number of aliphatic hydroxyl groups excluding tert-OH is 1. The molecule has 0 saturated carbocycles. The van der Waals surface area contributed by atoms with E-state index in [1.54, 1.807) is 31.2 Å². The smallest absolute Gasteiger partial charge is 0.267 e. The third-order valence-electron chi connectivity index (χ3n) is 8.43. The normalized spacial score (nSPS) is 20.9. The van der Waals surface area contributed by atoms with Gasteiger partial charge in [0, 0.05) is 38.3 Å². The number of aromatic nitrogens is 1. The minimum Gasteiger partial charge on any atom is -0.490 e. The van der Waals surface area contributed by atoms with Crippen LogP contribution in [-0.2, 0) is 24.8 Å². The number of aryl methyl sites for hydroxylation is 2. The average molecular weight is 707 g/mol. The van der Waals surface area contributed by atoms with Gasteiger partial charge < -0.3 is 24.0 Å². The molecule has 1 amide bonds. The molecule has 3 aromatic rings. The molecule has 13 nitrogen and oxygen atoms in total. The second kappa shape index (κ2) is 15.8. The van der Waals surface area contributed by atoms with Crippen LogP contribution in [0.5, 0.6) is 5.75 Å². The fraction of sp³-hybridized carbons (Fsp3) is 0.515. The van der Waals surface area contributed by atoms with Gasteiger partial charge >= 0.3 is 0 Å². The molecule has 1 aromatic heterocycles. The monoisotopic (exact) mass is 706 g/mol. The third-order valence-corrected chi connectivity index (χ3v) is 11.9. The predicted molar refractivity (Wildman–Crippen MR) is 180 cm³/mol. The lowest BCUT2D eigenvalue weighted by atomic mass is 10.0. The Morgan fingerprint density at radius 3 is 2.44 bits per heavy atom. The minimum absolute atomic E-state index is 0.0393. The molecule has 4 rings (SSSR count). The van der Waals surface area contributed by atoms with Gasteiger partial charge in [0.2, 0.25) is 10.0 Å². The average Bonchev–Trinajstić information content (AvgIpc) is 3.40. The van der Waals surface area contributed by atoms with Crippen molar-refractivity contribution in [3.63, 3.8) is 0 Å². The van der Waals surface area contributed by atoms with Crippen LogP contribution in [0.15, 0.2) is 62.8 Å². The van der Waals surface area contributed by atoms with Crippen LogP contribution < -0.4 is 9.46 Å². The van der Waals surface area contributed by atoms with Crippen molar-refractivity contribution in [1.29, 1.82) is 0 Å². The van der Waals surface area contributed by atoms with Crippen LogP contribution in [-0.4, -0.2) is 93.8 Å². The molecule has 0 unspecified atom stereocenters. The van der Waals surface area contributed by atoms with Gasteiger partial charge in [-0.3, -0.25) is 9.52 Å². The van der Waals surface area contributed by atoms with Gasteiger partial charge in [0.1, 0.15) is 11.4 Å². The third kappa shape index (κ3) is 8.74. The number of fused-ring (bicyclic) bond motifs is 1. The largest absolute Gasteiger partial charge is 0.490 e. The number of ether oxygens (including phenoxy) is 2. The van der Waals surface area contributed by atoms with E-state index >= 15 is 0 Å². The molecule has 1 aliphatic heterocycles. The van der Waals surface area contributed by atoms with Crippen LogP contribution in [0.1, 0.15) is 61.8 Å². The number of carbonyl (C=O) groups excluding carboxylic acids is 1. The number of benzene rings is 2. The number of rotatable bonds is 9. The number of anilines is 1. The lowest BCUT2D eigenvalue weighted by molar-refractivity contribution is -0.00833. The van der Waals surface area contributed by atoms with Crippen LogP contribution in [0, 0.1) is 19.8 Å². The molecule has 2 aromatic carbocycles. The zero-order valence-corrected chi connectivity index (χ0v) is 29.9. The molecule has 2 N–H and O–H groups in total. The molecule has 0 saturated heterocycles. The molecule has 15 heteroatoms. The summed E-state index contributed by atoms with van der Waals surface area (Å²) in [6, 6.07) is 12.0. The maximum absolute atomic E-state index is 14.4. The topological polar surface area (TPSA) is 169 Å². The highest BCUT2D eigenvalue weighted by Crippen LogP contribution is 2.30. The van der Waals surface area contributed by atoms with E-state index in [0.29, 0.717) is 19.4 Å². The Bertz CT molecular complexity index is 1740. The molecule has 0 spiro atoms. The Morgan fingerprint density at radius 1 is 1.08 bits per heavy atom. The van der Waals surface area contributed by atoms with Gasteiger partial charge in [-0.1, -0.05) is 30.3 Å². The summed E-state index contributed by atoms with van der Waals surface area (Å²) in [7, 11) is -6.41. The Hall–Kier alpha value is -3.50. The van der Waals surface area contributed by atoms with E-state index in [1.807, 2.05) is 13.8 Å². The highest BCUT2D eigenvalue weighted by Gasteiger charge is 2.33. The first-order chi connectivity index (χ1) is 22.6. The van der Waals surface area contributed by atoms with Crippen molar-refractivity contribution >= 4 is 31.6 Å². The second-order valence-electron chi connectivity index (χ2n) is 12.4. The number of amides is 1. The van der Waals surface area contributed by atoms with Crippen molar-refractivity contribution in [2.45, 2.75) is 81.9 Å². The maximum atomic E-state index is 14.4. The fourth-order valence-corrected chi connectivity index (χ4v) is 8.22. The van der Waals surface area contributed by atoms with Gasteiger partial charge in [0.15, 0.2) is 10.7 Å². The molecule has 0 bridgehead atoms. The summed E-state index contributed by atoms with van der Waals surface area (Å²) in [5.74, 6) is -0.467. The summed E-state index contributed by atoms with van der Waals surface area (Å²) in [6.07, 6.45) is 1.24. The van der Waals surface area contributed by atoms with Crippen LogP contribution in [0.25, 0.3) is 0 Å². The van der Waals surface area contributed by atoms with E-state index in [1.165, 1.54) is 54.4 Å². The van der Waals surface area contributed by atoms with Crippen molar-refractivity contribution in [3.05, 3.63) is 65.5 Å². The molecule has 1 aliphatic rings. The second-order valence-corrected chi connectivity index (χ2v) is 16.0. The summed E-state index contributed by atoms with van der Waals surface area (Å²) < 4.78 is 74.7. The maximum Gasteiger partial charge on any atom is 0.267 e. The molecule has 0 aliphatic carbocycles. The molecule has 264 valence electrons. The summed E-state index contributed by atoms with van der Waals surface area (Å²) in [5, 5.41) is 14.0. The number of sulfonamides is 2. The SMILES string of the molecule is Cc1noc(C)c1S(=O)(=O)Nc1ccc2c(c1)C(=O)N([C@@H](C)CO)C[C@@H](C)[C@@H](CN(C)S(=O)(=O)c1ccccc1)OCCCC[C@H](C)O2. The molecule has 48 heavy (non-hydrogen) atoms. The number of aliphatic hydroxyl groups is 1. The predicted octanol–water partition coefficient (Wildman–Crippen LogP) is 4.21. The minimum atomic E-state index is -4.11. The van der Waals surface area contributed by atoms with Gasteiger partial charge in [-0.25, -0.2) is 16.8 Å². The summed E-state index contributed by atoms with van der Waals surface area (Å²) in [6.45, 7) is 8.66. The zero-order valence-electron chi connectivity index (χ0n) is 28.2. The van der Waals surface area contributed by atoms with Crippen LogP contribution in [0.3, 0.4) is 0 Å². The first-order valence-corrected chi connectivity index (χ1v) is 18.9. The van der Waals surface area contributed by atoms with E-state index in [9.17, 15) is 26.7 Å². The van der Waals surface area contributed by atoms with E-state index in [0.717, 1.165) is 6.42 Å². The van der Waals surface area contributed by atoms with Crippen molar-refractivity contribution in [2.24, 2.45) is 5.92 Å². The molecular formula is C33H46N4O9S2. The van der Waals surface area contributed by atoms with E-state index in [-0.39, 0.29) is 70.0 Å². The zero-order chi connectivity index (χ0) is 35.2. The summed E-state index contributed by atoms with van der Waals surface area (Å²) in [5.41, 5.74) is 0.423. The number of hydrogen-bond donors (Lipinski definition) is 2. The highest BCUT2D eigenvalue weighted by molar-refractivity contribution is 7.92. The first-order valence-electron chi connectivity index (χ1n) is 16.0. The lowest BCUT2D eigenvalue weighted by Gasteiger charge is -2.35. The van der Waals surface area contributed by atoms with Crippen LogP contribution >= 0.6 is 0 Å². The number of nitrogens with one attached hydrogen (secondary N) is 1. The van der Waals surface area contributed by atoms with Crippen molar-refractivity contribution in [3.8, 4) is 5.75 Å². The summed E-state index contributed by atoms with van der Waals surface area (Å²) >= 11 is 0. The molecule has 0 fully saturated rings. The highest BCUT2D eigenvalue weighted by atomic mass is 32.2. The van der Waals surface area contributed by atoms with E-state index in [4.69, 9.17) is 14.0 Å². The number of nitrogens with zero attached hydrogens (tertiary/aromatic N) is 3. The van der Waals surface area contributed by atoms with Gasteiger partial charge in [-0.05, 0) is 77.3 Å². The quantitative estimate of drug-likeness (QED) is 0.329. The molecule has 2 heterocycles. The fourth-order valence-electron chi connectivity index (χ4n) is 5.64. The van der Waals surface area contributed by atoms with Gasteiger partial charge in [0.05, 0.1) is 35.3 Å². The Morgan fingerprint density at radius 2 is 1.79 bits per heavy atom. The van der Waals surface area contributed by atoms with Crippen molar-refractivity contribution in [2.75, 3.05) is 38.1 Å². The number of likely N-dealkylation sites (N-methyl/N-ethyl adjacent to an activating group) is 1. The number of carbonyl (C=O) groups is 1. The molecule has 4 atom stereocenters. The number of hydrogen-bond acceptors (Lipinski definition) is 10. The Kier molecular flexibility index (Phi) is 12.3. The summed E-state index contributed by atoms with van der Waals surface area (Å²) in [4.78, 5) is 15.9. The van der Waals surface area contributed by atoms with Gasteiger partial charge in [-0.15, -0.1) is 0 Å². The van der Waals surface area contributed by atoms with Crippen molar-refractivity contribution in [1.82, 2.24) is 14.4 Å². The van der Waals surface area contributed by atoms with Crippen LogP contribution in [0.4, 0.5) is 5.69 Å². The van der Waals surface area contributed by atoms with E-state index in [2.05, 4.69) is 9.88 Å². The first kappa shape index (κ1) is 37.3. The van der Waals surface area contributed by atoms with Crippen molar-refractivity contribution < 1.29 is 40.7 Å². The van der Waals surface area contributed by atoms with Gasteiger partial charge in [-0.2, -0.15) is 4.31 Å². The molecule has 0 radical (unpaired) electrons. The lowest BCUT2D eigenvalue weighted by Crippen LogP contribution is -2.48.